The predicted molar refractivity (Wildman–Crippen MR) is 124 cm³/mol. The Balaban J connectivity index is 1.46. The Morgan fingerprint density at radius 2 is 2.06 bits per heavy atom. The summed E-state index contributed by atoms with van der Waals surface area (Å²) >= 11 is 0. The van der Waals surface area contributed by atoms with Gasteiger partial charge < -0.3 is 20.1 Å². The number of halogens is 1. The topological polar surface area (TPSA) is 62.5 Å². The fourth-order valence-electron chi connectivity index (χ4n) is 4.18. The average molecular weight is 439 g/mol. The Morgan fingerprint density at radius 3 is 2.81 bits per heavy atom. The quantitative estimate of drug-likeness (QED) is 0.500. The van der Waals surface area contributed by atoms with Crippen LogP contribution in [-0.4, -0.2) is 59.2 Å². The second-order valence-electron chi connectivity index (χ2n) is 8.26. The molecule has 0 saturated carbocycles. The first-order chi connectivity index (χ1) is 15.6. The molecule has 2 N–H and O–H groups in total. The number of piperidine rings is 1. The molecule has 7 heteroatoms. The Hall–Kier alpha value is -2.74. The van der Waals surface area contributed by atoms with Crippen molar-refractivity contribution < 1.29 is 14.2 Å². The van der Waals surface area contributed by atoms with Crippen molar-refractivity contribution in [1.29, 1.82) is 0 Å². The van der Waals surface area contributed by atoms with Crippen molar-refractivity contribution in [1.82, 2.24) is 20.0 Å². The Labute approximate surface area is 188 Å². The highest BCUT2D eigenvalue weighted by atomic mass is 19.1. The van der Waals surface area contributed by atoms with E-state index in [1.807, 2.05) is 36.5 Å². The molecule has 32 heavy (non-hydrogen) atoms. The lowest BCUT2D eigenvalue weighted by Crippen LogP contribution is -2.39. The number of hydrogen-bond acceptors (Lipinski definition) is 5. The summed E-state index contributed by atoms with van der Waals surface area (Å²) in [6, 6.07) is 14.7. The van der Waals surface area contributed by atoms with Gasteiger partial charge in [0.15, 0.2) is 0 Å². The van der Waals surface area contributed by atoms with Crippen molar-refractivity contribution in [2.45, 2.75) is 31.9 Å². The van der Waals surface area contributed by atoms with Crippen LogP contribution in [0.5, 0.6) is 5.75 Å². The van der Waals surface area contributed by atoms with Gasteiger partial charge in [-0.05, 0) is 63.2 Å². The van der Waals surface area contributed by atoms with E-state index in [2.05, 4.69) is 10.2 Å². The van der Waals surface area contributed by atoms with Gasteiger partial charge in [-0.25, -0.2) is 9.07 Å². The third-order valence-electron chi connectivity index (χ3n) is 5.87. The predicted octanol–water partition coefficient (Wildman–Crippen LogP) is 3.62. The molecule has 0 amide bonds. The van der Waals surface area contributed by atoms with Crippen LogP contribution in [0, 0.1) is 5.82 Å². The summed E-state index contributed by atoms with van der Waals surface area (Å²) in [5.74, 6) is 0.129. The molecule has 0 spiro atoms. The van der Waals surface area contributed by atoms with E-state index in [1.54, 1.807) is 16.8 Å². The van der Waals surface area contributed by atoms with Crippen LogP contribution in [0.15, 0.2) is 54.7 Å². The van der Waals surface area contributed by atoms with E-state index in [1.165, 1.54) is 13.2 Å². The van der Waals surface area contributed by atoms with Crippen molar-refractivity contribution >= 4 is 0 Å². The van der Waals surface area contributed by atoms with Crippen LogP contribution in [0.25, 0.3) is 16.9 Å². The van der Waals surface area contributed by atoms with Gasteiger partial charge in [-0.3, -0.25) is 0 Å². The third-order valence-corrected chi connectivity index (χ3v) is 5.87. The van der Waals surface area contributed by atoms with E-state index in [4.69, 9.17) is 9.84 Å². The molecule has 170 valence electrons. The number of aromatic nitrogens is 2. The van der Waals surface area contributed by atoms with Crippen LogP contribution in [0.4, 0.5) is 4.39 Å². The third kappa shape index (κ3) is 5.54. The van der Waals surface area contributed by atoms with Gasteiger partial charge in [-0.2, -0.15) is 5.10 Å². The summed E-state index contributed by atoms with van der Waals surface area (Å²) in [6.07, 6.45) is 4.73. The molecular formula is C25H31FN4O2. The highest BCUT2D eigenvalue weighted by Crippen LogP contribution is 2.28. The maximum Gasteiger partial charge on any atom is 0.136 e. The van der Waals surface area contributed by atoms with Gasteiger partial charge in [-0.1, -0.05) is 18.2 Å². The minimum absolute atomic E-state index is 0.192. The van der Waals surface area contributed by atoms with E-state index >= 15 is 0 Å². The molecule has 1 fully saturated rings. The average Bonchev–Trinajstić information content (AvgIpc) is 3.23. The van der Waals surface area contributed by atoms with Crippen LogP contribution in [-0.2, 0) is 6.54 Å². The number of para-hydroxylation sites is 1. The van der Waals surface area contributed by atoms with E-state index in [0.29, 0.717) is 23.6 Å². The van der Waals surface area contributed by atoms with Crippen LogP contribution < -0.4 is 10.1 Å². The first kappa shape index (κ1) is 22.5. The number of benzene rings is 2. The molecular weight excluding hydrogens is 407 g/mol. The second kappa shape index (κ2) is 10.7. The molecule has 1 aliphatic heterocycles. The minimum Gasteiger partial charge on any atom is -0.497 e. The fourth-order valence-corrected chi connectivity index (χ4v) is 4.18. The molecule has 1 aliphatic rings. The summed E-state index contributed by atoms with van der Waals surface area (Å²) in [4.78, 5) is 2.32. The number of nitrogens with one attached hydrogen (secondary N) is 1. The van der Waals surface area contributed by atoms with Crippen molar-refractivity contribution in [3.8, 4) is 22.7 Å². The summed E-state index contributed by atoms with van der Waals surface area (Å²) < 4.78 is 21.8. The van der Waals surface area contributed by atoms with Crippen LogP contribution in [0.3, 0.4) is 0 Å². The summed E-state index contributed by atoms with van der Waals surface area (Å²) in [7, 11) is 1.53. The first-order valence-electron chi connectivity index (χ1n) is 11.2. The number of aliphatic hydroxyl groups excluding tert-OH is 1. The highest BCUT2D eigenvalue weighted by Gasteiger charge is 2.18. The molecule has 0 radical (unpaired) electrons. The molecule has 3 aromatic rings. The molecule has 1 unspecified atom stereocenters. The van der Waals surface area contributed by atoms with Gasteiger partial charge in [0.25, 0.3) is 0 Å². The van der Waals surface area contributed by atoms with Gasteiger partial charge in [-0.15, -0.1) is 0 Å². The Bertz CT molecular complexity index is 1010. The number of β-amino-alcohol motifs (C(OH)–C–C–N with tert-alkyl or cyclic N) is 1. The minimum atomic E-state index is -0.354. The molecule has 2 heterocycles. The van der Waals surface area contributed by atoms with Crippen molar-refractivity contribution in [2.75, 3.05) is 33.3 Å². The lowest BCUT2D eigenvalue weighted by atomic mass is 10.1. The summed E-state index contributed by atoms with van der Waals surface area (Å²) in [5.41, 5.74) is 2.95. The van der Waals surface area contributed by atoms with Crippen molar-refractivity contribution in [3.05, 3.63) is 66.1 Å². The monoisotopic (exact) mass is 438 g/mol. The fraction of sp³-hybridized carbons (Fsp3) is 0.400. The molecule has 6 nitrogen and oxygen atoms in total. The van der Waals surface area contributed by atoms with Gasteiger partial charge in [0.2, 0.25) is 0 Å². The van der Waals surface area contributed by atoms with Crippen LogP contribution in [0.2, 0.25) is 0 Å². The molecule has 0 aliphatic carbocycles. The number of methoxy groups -OCH3 is 1. The number of ether oxygens (including phenoxy) is 1. The maximum atomic E-state index is 14.8. The maximum absolute atomic E-state index is 14.8. The van der Waals surface area contributed by atoms with Gasteiger partial charge in [0.1, 0.15) is 17.3 Å². The first-order valence-corrected chi connectivity index (χ1v) is 11.2. The lowest BCUT2D eigenvalue weighted by Gasteiger charge is -2.29. The van der Waals surface area contributed by atoms with E-state index in [-0.39, 0.29) is 11.9 Å². The zero-order chi connectivity index (χ0) is 22.3. The molecule has 1 saturated heterocycles. The van der Waals surface area contributed by atoms with E-state index < -0.39 is 0 Å². The van der Waals surface area contributed by atoms with E-state index in [9.17, 15) is 9.50 Å². The molecule has 1 aromatic heterocycles. The van der Waals surface area contributed by atoms with Gasteiger partial charge in [0, 0.05) is 36.5 Å². The number of aliphatic hydroxyl groups is 1. The number of likely N-dealkylation sites (tertiary alicyclic amines) is 1. The zero-order valence-corrected chi connectivity index (χ0v) is 18.5. The smallest absolute Gasteiger partial charge is 0.136 e. The van der Waals surface area contributed by atoms with Crippen LogP contribution >= 0.6 is 0 Å². The second-order valence-corrected chi connectivity index (χ2v) is 8.26. The SMILES string of the molecule is COc1ccc(-c2nn(-c3ccccc3)cc2CNCCCN2CCCC(O)C2)c(F)c1. The summed E-state index contributed by atoms with van der Waals surface area (Å²) in [5, 5.41) is 18.0. The Morgan fingerprint density at radius 1 is 1.22 bits per heavy atom. The molecule has 2 aromatic carbocycles. The van der Waals surface area contributed by atoms with Gasteiger partial charge >= 0.3 is 0 Å². The molecule has 1 atom stereocenters. The highest BCUT2D eigenvalue weighted by molar-refractivity contribution is 5.65. The van der Waals surface area contributed by atoms with Crippen molar-refractivity contribution in [2.24, 2.45) is 0 Å². The number of hydrogen-bond donors (Lipinski definition) is 2. The van der Waals surface area contributed by atoms with Gasteiger partial charge in [0.05, 0.1) is 18.9 Å². The standard InChI is InChI=1S/C25H31FN4O2/c1-32-22-10-11-23(24(26)15-22)25-19(17-30(28-25)20-7-3-2-4-8-20)16-27-12-6-14-29-13-5-9-21(31)18-29/h2-4,7-8,10-11,15,17,21,27,31H,5-6,9,12-14,16,18H2,1H3. The Kier molecular flexibility index (Phi) is 7.52. The molecule has 0 bridgehead atoms. The van der Waals surface area contributed by atoms with Crippen LogP contribution in [0.1, 0.15) is 24.8 Å². The normalized spacial score (nSPS) is 16.9. The lowest BCUT2D eigenvalue weighted by molar-refractivity contribution is 0.0702. The number of rotatable bonds is 9. The molecule has 4 rings (SSSR count). The zero-order valence-electron chi connectivity index (χ0n) is 18.5. The van der Waals surface area contributed by atoms with Crippen molar-refractivity contribution in [3.63, 3.8) is 0 Å². The summed E-state index contributed by atoms with van der Waals surface area (Å²) in [6.45, 7) is 4.23. The number of nitrogens with zero attached hydrogens (tertiary/aromatic N) is 3. The van der Waals surface area contributed by atoms with E-state index in [0.717, 1.165) is 56.7 Å². The largest absolute Gasteiger partial charge is 0.497 e.